The second-order valence-electron chi connectivity index (χ2n) is 5.23. The molecule has 0 unspecified atom stereocenters. The minimum Gasteiger partial charge on any atom is -0.395 e. The van der Waals surface area contributed by atoms with Crippen LogP contribution in [-0.2, 0) is 14.8 Å². The van der Waals surface area contributed by atoms with Crippen molar-refractivity contribution in [3.8, 4) is 0 Å². The van der Waals surface area contributed by atoms with Crippen LogP contribution in [0.25, 0.3) is 0 Å². The Morgan fingerprint density at radius 3 is 2.65 bits per heavy atom. The molecule has 0 aromatic heterocycles. The molecule has 2 saturated heterocycles. The number of benzene rings is 1. The molecule has 20 heavy (non-hydrogen) atoms. The van der Waals surface area contributed by atoms with E-state index in [9.17, 15) is 17.9 Å². The molecule has 2 heterocycles. The third-order valence-electron chi connectivity index (χ3n) is 4.03. The molecule has 0 spiro atoms. The summed E-state index contributed by atoms with van der Waals surface area (Å²) in [5, 5.41) is 9.44. The van der Waals surface area contributed by atoms with Crippen molar-refractivity contribution >= 4 is 10.0 Å². The predicted octanol–water partition coefficient (Wildman–Crippen LogP) is 0.596. The first-order chi connectivity index (χ1) is 9.54. The summed E-state index contributed by atoms with van der Waals surface area (Å²) in [6.45, 7) is 0.658. The maximum absolute atomic E-state index is 12.9. The van der Waals surface area contributed by atoms with E-state index in [-0.39, 0.29) is 23.5 Å². The van der Waals surface area contributed by atoms with Gasteiger partial charge < -0.3 is 9.84 Å². The molecule has 3 rings (SSSR count). The smallest absolute Gasteiger partial charge is 0.243 e. The van der Waals surface area contributed by atoms with Crippen LogP contribution in [0.1, 0.15) is 6.42 Å². The van der Waals surface area contributed by atoms with E-state index in [1.54, 1.807) is 0 Å². The number of nitrogens with zero attached hydrogens (tertiary/aromatic N) is 1. The normalized spacial score (nSPS) is 30.6. The summed E-state index contributed by atoms with van der Waals surface area (Å²) < 4.78 is 45.0. The van der Waals surface area contributed by atoms with E-state index in [4.69, 9.17) is 4.74 Å². The van der Waals surface area contributed by atoms with Gasteiger partial charge in [0, 0.05) is 12.0 Å². The van der Waals surface area contributed by atoms with Crippen molar-refractivity contribution in [1.29, 1.82) is 0 Å². The number of ether oxygens (including phenoxy) is 1. The summed E-state index contributed by atoms with van der Waals surface area (Å²) in [6, 6.07) is 4.09. The van der Waals surface area contributed by atoms with E-state index in [1.165, 1.54) is 16.4 Å². The quantitative estimate of drug-likeness (QED) is 0.887. The first-order valence-corrected chi connectivity index (χ1v) is 7.95. The fourth-order valence-corrected chi connectivity index (χ4v) is 4.93. The summed E-state index contributed by atoms with van der Waals surface area (Å²) in [5.41, 5.74) is 0. The van der Waals surface area contributed by atoms with Gasteiger partial charge in [0.25, 0.3) is 0 Å². The number of aliphatic hydroxyl groups is 1. The molecular weight excluding hydrogens is 285 g/mol. The summed E-state index contributed by atoms with van der Waals surface area (Å²) in [4.78, 5) is 0.0462. The van der Waals surface area contributed by atoms with E-state index < -0.39 is 21.9 Å². The highest BCUT2D eigenvalue weighted by Gasteiger charge is 2.49. The number of rotatable bonds is 3. The van der Waals surface area contributed by atoms with Crippen LogP contribution in [0.5, 0.6) is 0 Å². The SMILES string of the molecule is O=S(=O)(c1ccc(F)cc1)N1[C@H](CO)C[C@@H]2COC[C@@H]21. The van der Waals surface area contributed by atoms with E-state index >= 15 is 0 Å². The largest absolute Gasteiger partial charge is 0.395 e. The molecule has 5 nitrogen and oxygen atoms in total. The van der Waals surface area contributed by atoms with Gasteiger partial charge in [0.1, 0.15) is 5.82 Å². The van der Waals surface area contributed by atoms with Gasteiger partial charge >= 0.3 is 0 Å². The minimum atomic E-state index is -3.74. The summed E-state index contributed by atoms with van der Waals surface area (Å²) in [7, 11) is -3.74. The second-order valence-corrected chi connectivity index (χ2v) is 7.07. The summed E-state index contributed by atoms with van der Waals surface area (Å²) in [6.07, 6.45) is 0.599. The van der Waals surface area contributed by atoms with Crippen LogP contribution in [0.4, 0.5) is 4.39 Å². The molecular formula is C13H16FNO4S. The Labute approximate surface area is 117 Å². The monoisotopic (exact) mass is 301 g/mol. The molecule has 110 valence electrons. The molecule has 2 aliphatic heterocycles. The Balaban J connectivity index is 1.98. The van der Waals surface area contributed by atoms with E-state index in [2.05, 4.69) is 0 Å². The zero-order valence-electron chi connectivity index (χ0n) is 10.8. The maximum atomic E-state index is 12.9. The highest BCUT2D eigenvalue weighted by atomic mass is 32.2. The van der Waals surface area contributed by atoms with Crippen LogP contribution in [0.2, 0.25) is 0 Å². The van der Waals surface area contributed by atoms with Crippen molar-refractivity contribution < 1.29 is 22.7 Å². The first-order valence-electron chi connectivity index (χ1n) is 6.51. The lowest BCUT2D eigenvalue weighted by atomic mass is 10.0. The van der Waals surface area contributed by atoms with Crippen LogP contribution < -0.4 is 0 Å². The van der Waals surface area contributed by atoms with Crippen molar-refractivity contribution in [3.63, 3.8) is 0 Å². The lowest BCUT2D eigenvalue weighted by molar-refractivity contribution is 0.136. The Morgan fingerprint density at radius 1 is 1.30 bits per heavy atom. The second kappa shape index (κ2) is 5.07. The molecule has 1 N–H and O–H groups in total. The van der Waals surface area contributed by atoms with Gasteiger partial charge in [0.05, 0.1) is 30.8 Å². The Kier molecular flexibility index (Phi) is 3.53. The first kappa shape index (κ1) is 13.9. The molecule has 0 bridgehead atoms. The fraction of sp³-hybridized carbons (Fsp3) is 0.538. The molecule has 0 amide bonds. The summed E-state index contributed by atoms with van der Waals surface area (Å²) in [5.74, 6) is -0.353. The molecule has 3 atom stereocenters. The Hall–Kier alpha value is -1.02. The zero-order chi connectivity index (χ0) is 14.3. The highest BCUT2D eigenvalue weighted by Crippen LogP contribution is 2.38. The number of halogens is 1. The van der Waals surface area contributed by atoms with Gasteiger partial charge in [-0.3, -0.25) is 0 Å². The van der Waals surface area contributed by atoms with E-state index in [0.29, 0.717) is 19.6 Å². The van der Waals surface area contributed by atoms with Crippen LogP contribution in [0.15, 0.2) is 29.2 Å². The van der Waals surface area contributed by atoms with Gasteiger partial charge in [-0.25, -0.2) is 12.8 Å². The molecule has 2 aliphatic rings. The van der Waals surface area contributed by atoms with E-state index in [0.717, 1.165) is 12.1 Å². The molecule has 7 heteroatoms. The van der Waals surface area contributed by atoms with Crippen LogP contribution in [0, 0.1) is 11.7 Å². The molecule has 1 aromatic carbocycles. The summed E-state index contributed by atoms with van der Waals surface area (Å²) >= 11 is 0. The van der Waals surface area contributed by atoms with Gasteiger partial charge in [-0.1, -0.05) is 0 Å². The topological polar surface area (TPSA) is 66.8 Å². The number of aliphatic hydroxyl groups excluding tert-OH is 1. The highest BCUT2D eigenvalue weighted by molar-refractivity contribution is 7.89. The lowest BCUT2D eigenvalue weighted by Crippen LogP contribution is -2.44. The molecule has 0 radical (unpaired) electrons. The third kappa shape index (κ3) is 2.14. The Bertz CT molecular complexity index is 589. The predicted molar refractivity (Wildman–Crippen MR) is 69.0 cm³/mol. The number of hydrogen-bond acceptors (Lipinski definition) is 4. The van der Waals surface area contributed by atoms with Crippen LogP contribution in [-0.4, -0.2) is 49.7 Å². The van der Waals surface area contributed by atoms with Crippen LogP contribution in [0.3, 0.4) is 0 Å². The van der Waals surface area contributed by atoms with E-state index in [1.807, 2.05) is 0 Å². The molecule has 0 aliphatic carbocycles. The fourth-order valence-electron chi connectivity index (χ4n) is 3.08. The van der Waals surface area contributed by atoms with Gasteiger partial charge in [-0.2, -0.15) is 4.31 Å². The van der Waals surface area contributed by atoms with Crippen LogP contribution >= 0.6 is 0 Å². The molecule has 2 fully saturated rings. The molecule has 1 aromatic rings. The third-order valence-corrected chi connectivity index (χ3v) is 6.02. The van der Waals surface area contributed by atoms with Gasteiger partial charge in [0.2, 0.25) is 10.0 Å². The Morgan fingerprint density at radius 2 is 2.00 bits per heavy atom. The molecule has 0 saturated carbocycles. The van der Waals surface area contributed by atoms with Gasteiger partial charge in [-0.15, -0.1) is 0 Å². The number of sulfonamides is 1. The van der Waals surface area contributed by atoms with Crippen molar-refractivity contribution in [2.45, 2.75) is 23.4 Å². The minimum absolute atomic E-state index is 0.0462. The average molecular weight is 301 g/mol. The van der Waals surface area contributed by atoms with Gasteiger partial charge in [0.15, 0.2) is 0 Å². The maximum Gasteiger partial charge on any atom is 0.243 e. The van der Waals surface area contributed by atoms with Gasteiger partial charge in [-0.05, 0) is 30.7 Å². The number of hydrogen-bond donors (Lipinski definition) is 1. The lowest BCUT2D eigenvalue weighted by Gasteiger charge is -2.27. The average Bonchev–Trinajstić information content (AvgIpc) is 2.98. The number of fused-ring (bicyclic) bond motifs is 1. The zero-order valence-corrected chi connectivity index (χ0v) is 11.6. The standard InChI is InChI=1S/C13H16FNO4S/c14-10-1-3-12(4-2-10)20(17,18)15-11(6-16)5-9-7-19-8-13(9)15/h1-4,9,11,13,16H,5-8H2/t9-,11+,13+/m1/s1. The van der Waals surface area contributed by atoms with Crippen molar-refractivity contribution in [1.82, 2.24) is 4.31 Å². The van der Waals surface area contributed by atoms with Crippen molar-refractivity contribution in [2.24, 2.45) is 5.92 Å². The van der Waals surface area contributed by atoms with Crippen molar-refractivity contribution in [2.75, 3.05) is 19.8 Å². The van der Waals surface area contributed by atoms with Crippen molar-refractivity contribution in [3.05, 3.63) is 30.1 Å².